The molecule has 4 aliphatic carbocycles. The molecule has 10 unspecified atom stereocenters. The van der Waals surface area contributed by atoms with Crippen molar-refractivity contribution in [1.82, 2.24) is 0 Å². The highest BCUT2D eigenvalue weighted by molar-refractivity contribution is 7.33. The number of benzene rings is 5. The minimum absolute atomic E-state index is 0.0404. The average Bonchev–Trinajstić information content (AvgIpc) is 3.64. The minimum Gasteiger partial charge on any atom is -0.358 e. The van der Waals surface area contributed by atoms with E-state index in [9.17, 15) is 0 Å². The molecule has 5 aromatic carbocycles. The molecular weight excluding hydrogens is 784 g/mol. The van der Waals surface area contributed by atoms with Crippen LogP contribution < -0.4 is 25.5 Å². The lowest BCUT2D eigenvalue weighted by Crippen LogP contribution is -2.64. The van der Waals surface area contributed by atoms with E-state index >= 15 is 0 Å². The van der Waals surface area contributed by atoms with Crippen LogP contribution in [0.15, 0.2) is 109 Å². The van der Waals surface area contributed by atoms with Crippen LogP contribution in [0.4, 0.5) is 34.1 Å². The molecule has 3 nitrogen and oxygen atoms in total. The lowest BCUT2D eigenvalue weighted by molar-refractivity contribution is -0.293. The van der Waals surface area contributed by atoms with E-state index in [4.69, 9.17) is 4.74 Å². The Hall–Kier alpha value is -4.32. The van der Waals surface area contributed by atoms with Gasteiger partial charge in [-0.15, -0.1) is 11.3 Å². The molecule has 4 heterocycles. The molecule has 320 valence electrons. The Labute approximate surface area is 380 Å². The maximum atomic E-state index is 8.87. The predicted molar refractivity (Wildman–Crippen MR) is 267 cm³/mol. The van der Waals surface area contributed by atoms with Crippen molar-refractivity contribution in [2.45, 2.75) is 116 Å². The molecule has 13 rings (SSSR count). The molecule has 10 atom stereocenters. The van der Waals surface area contributed by atoms with Crippen molar-refractivity contribution in [3.8, 4) is 0 Å². The van der Waals surface area contributed by atoms with Crippen molar-refractivity contribution in [1.29, 1.82) is 0 Å². The van der Waals surface area contributed by atoms with Crippen molar-refractivity contribution in [2.24, 2.45) is 47.3 Å². The third-order valence-corrected chi connectivity index (χ3v) is 19.2. The summed E-state index contributed by atoms with van der Waals surface area (Å²) >= 11 is 2.03. The van der Waals surface area contributed by atoms with Crippen molar-refractivity contribution < 1.29 is 4.74 Å². The van der Waals surface area contributed by atoms with E-state index in [0.717, 1.165) is 11.8 Å². The predicted octanol–water partition coefficient (Wildman–Crippen LogP) is 13.9. The van der Waals surface area contributed by atoms with Gasteiger partial charge >= 0.3 is 0 Å². The first-order valence-electron chi connectivity index (χ1n) is 24.7. The van der Waals surface area contributed by atoms with Gasteiger partial charge in [-0.2, -0.15) is 0 Å². The molecule has 3 aliphatic heterocycles. The second-order valence-corrected chi connectivity index (χ2v) is 24.0. The summed E-state index contributed by atoms with van der Waals surface area (Å²) in [6.07, 6.45) is 10.3. The standard InChI is InChI=1S/C58H63BN2OS/c1-34-25-38-29-36(3)57(41(27-34)31-38)45-17-11-12-20-48(45)61-50-22-14-21-49-52(50)59(47-19-13-18-46(54(47)61)58(62-57)37(4)30-39-26-35(2)28-42(58)32-39)55-53(60(49)43-15-9-8-10-16-43)44-33-40(56(5,6)7)23-24-51(44)63-55/h8-24,33-39,41-42H,25-32H2,1-7H3. The van der Waals surface area contributed by atoms with Gasteiger partial charge in [0.15, 0.2) is 0 Å². The van der Waals surface area contributed by atoms with Crippen LogP contribution in [0.2, 0.25) is 0 Å². The topological polar surface area (TPSA) is 15.7 Å². The average molecular weight is 847 g/mol. The second-order valence-electron chi connectivity index (χ2n) is 22.9. The van der Waals surface area contributed by atoms with Crippen molar-refractivity contribution in [2.75, 3.05) is 9.80 Å². The summed E-state index contributed by atoms with van der Waals surface area (Å²) in [6, 6.07) is 43.0. The van der Waals surface area contributed by atoms with E-state index in [1.165, 1.54) is 128 Å². The number of hydrogen-bond acceptors (Lipinski definition) is 4. The molecule has 0 N–H and O–H groups in total. The summed E-state index contributed by atoms with van der Waals surface area (Å²) in [7, 11) is 0. The Bertz CT molecular complexity index is 2820. The maximum Gasteiger partial charge on any atom is 0.264 e. The Morgan fingerprint density at radius 3 is 1.89 bits per heavy atom. The Morgan fingerprint density at radius 1 is 0.587 bits per heavy atom. The second kappa shape index (κ2) is 13.6. The molecule has 0 amide bonds. The van der Waals surface area contributed by atoms with E-state index in [0.29, 0.717) is 35.5 Å². The number of thiophene rings is 1. The molecule has 5 heteroatoms. The zero-order chi connectivity index (χ0) is 42.7. The first kappa shape index (κ1) is 39.1. The van der Waals surface area contributed by atoms with E-state index < -0.39 is 5.60 Å². The fourth-order valence-corrected chi connectivity index (χ4v) is 17.1. The van der Waals surface area contributed by atoms with Crippen LogP contribution in [0.5, 0.6) is 0 Å². The highest BCUT2D eigenvalue weighted by atomic mass is 32.1. The first-order valence-corrected chi connectivity index (χ1v) is 25.6. The van der Waals surface area contributed by atoms with E-state index in [1.807, 2.05) is 11.3 Å². The van der Waals surface area contributed by atoms with E-state index in [1.54, 1.807) is 0 Å². The number of fused-ring (bicyclic) bond motifs is 16. The van der Waals surface area contributed by atoms with Gasteiger partial charge in [0.25, 0.3) is 6.71 Å². The van der Waals surface area contributed by atoms with Crippen LogP contribution in [-0.2, 0) is 21.4 Å². The largest absolute Gasteiger partial charge is 0.358 e. The highest BCUT2D eigenvalue weighted by Crippen LogP contribution is 2.68. The number of anilines is 6. The monoisotopic (exact) mass is 846 g/mol. The lowest BCUT2D eigenvalue weighted by Gasteiger charge is -2.64. The summed E-state index contributed by atoms with van der Waals surface area (Å²) in [5.74, 6) is 4.76. The zero-order valence-corrected chi connectivity index (χ0v) is 39.3. The van der Waals surface area contributed by atoms with Gasteiger partial charge in [-0.05, 0) is 163 Å². The SMILES string of the molecule is CC1CC2CC(C)C3(OC4(c5cccc6c5N(c5ccccc53)c3cccc5c3B6c3sc6ccc(C(C)(C)C)cc6c3N5c3ccccc3)C(C)CC3CC(C)CC4C3)C(C1)C2. The number of hydrogen-bond donors (Lipinski definition) is 0. The quantitative estimate of drug-likeness (QED) is 0.153. The molecule has 0 saturated heterocycles. The summed E-state index contributed by atoms with van der Waals surface area (Å²) in [5.41, 5.74) is 14.4. The number of para-hydroxylation sites is 3. The van der Waals surface area contributed by atoms with Gasteiger partial charge in [0.1, 0.15) is 11.2 Å². The van der Waals surface area contributed by atoms with Crippen molar-refractivity contribution in [3.05, 3.63) is 126 Å². The number of ether oxygens (including phenoxy) is 1. The number of nitrogens with zero attached hydrogens (tertiary/aromatic N) is 2. The molecule has 1 aromatic heterocycles. The molecule has 7 aliphatic rings. The molecule has 4 fully saturated rings. The maximum absolute atomic E-state index is 8.87. The summed E-state index contributed by atoms with van der Waals surface area (Å²) in [6.45, 7) is 17.4. The highest BCUT2D eigenvalue weighted by Gasteiger charge is 2.64. The van der Waals surface area contributed by atoms with Crippen LogP contribution in [0, 0.1) is 47.3 Å². The third-order valence-electron chi connectivity index (χ3n) is 17.9. The van der Waals surface area contributed by atoms with Gasteiger partial charge in [0.2, 0.25) is 0 Å². The fourth-order valence-electron chi connectivity index (χ4n) is 15.8. The molecular formula is C58H63BN2OS. The molecule has 4 bridgehead atoms. The first-order chi connectivity index (χ1) is 30.5. The van der Waals surface area contributed by atoms with E-state index in [-0.39, 0.29) is 17.7 Å². The normalized spacial score (nSPS) is 32.5. The van der Waals surface area contributed by atoms with Gasteiger partial charge in [-0.3, -0.25) is 0 Å². The van der Waals surface area contributed by atoms with Crippen LogP contribution in [-0.4, -0.2) is 6.71 Å². The molecule has 2 spiro atoms. The van der Waals surface area contributed by atoms with Crippen molar-refractivity contribution in [3.63, 3.8) is 0 Å². The Kier molecular flexibility index (Phi) is 8.45. The van der Waals surface area contributed by atoms with E-state index in [2.05, 4.69) is 167 Å². The molecule has 4 saturated carbocycles. The van der Waals surface area contributed by atoms with Gasteiger partial charge in [-0.25, -0.2) is 0 Å². The third kappa shape index (κ3) is 5.30. The van der Waals surface area contributed by atoms with Gasteiger partial charge in [-0.1, -0.05) is 115 Å². The van der Waals surface area contributed by atoms with Crippen LogP contribution in [0.1, 0.15) is 117 Å². The molecule has 0 radical (unpaired) electrons. The van der Waals surface area contributed by atoms with Gasteiger partial charge in [0.05, 0.1) is 11.4 Å². The minimum atomic E-state index is -0.408. The van der Waals surface area contributed by atoms with Crippen LogP contribution >= 0.6 is 11.3 Å². The Balaban J connectivity index is 1.15. The molecule has 63 heavy (non-hydrogen) atoms. The zero-order valence-electron chi connectivity index (χ0n) is 38.5. The number of rotatable bonds is 1. The smallest absolute Gasteiger partial charge is 0.264 e. The lowest BCUT2D eigenvalue weighted by atomic mass is 9.35. The Morgan fingerprint density at radius 2 is 1.19 bits per heavy atom. The van der Waals surface area contributed by atoms with Gasteiger partial charge in [0, 0.05) is 48.7 Å². The van der Waals surface area contributed by atoms with Crippen molar-refractivity contribution >= 4 is 78.0 Å². The summed E-state index contributed by atoms with van der Waals surface area (Å²) in [5, 5.41) is 1.37. The summed E-state index contributed by atoms with van der Waals surface area (Å²) in [4.78, 5) is 5.45. The fraction of sp³-hybridized carbons (Fsp3) is 0.448. The van der Waals surface area contributed by atoms with Crippen LogP contribution in [0.3, 0.4) is 0 Å². The van der Waals surface area contributed by atoms with Gasteiger partial charge < -0.3 is 14.5 Å². The van der Waals surface area contributed by atoms with Crippen LogP contribution in [0.25, 0.3) is 10.1 Å². The molecule has 6 aromatic rings. The summed E-state index contributed by atoms with van der Waals surface area (Å²) < 4.78 is 11.7.